The number of nitrogens with zero attached hydrogens (tertiary/aromatic N) is 2. The van der Waals surface area contributed by atoms with Crippen molar-refractivity contribution >= 4 is 11.5 Å². The van der Waals surface area contributed by atoms with E-state index < -0.39 is 0 Å². The van der Waals surface area contributed by atoms with Gasteiger partial charge in [0.25, 0.3) is 0 Å². The van der Waals surface area contributed by atoms with Crippen molar-refractivity contribution in [2.75, 3.05) is 13.2 Å². The molecule has 0 fully saturated rings. The number of nitrogens with one attached hydrogen (secondary N) is 1. The Labute approximate surface area is 118 Å². The van der Waals surface area contributed by atoms with Crippen molar-refractivity contribution in [3.63, 3.8) is 0 Å². The van der Waals surface area contributed by atoms with Gasteiger partial charge in [0.05, 0.1) is 23.7 Å². The van der Waals surface area contributed by atoms with Gasteiger partial charge in [0.2, 0.25) is 0 Å². The van der Waals surface area contributed by atoms with Crippen LogP contribution < -0.4 is 10.1 Å². The second-order valence-electron chi connectivity index (χ2n) is 4.20. The van der Waals surface area contributed by atoms with Crippen molar-refractivity contribution < 1.29 is 4.74 Å². The Morgan fingerprint density at radius 3 is 2.84 bits per heavy atom. The summed E-state index contributed by atoms with van der Waals surface area (Å²) in [5, 5.41) is 7.40. The van der Waals surface area contributed by atoms with E-state index in [0.717, 1.165) is 35.8 Å². The van der Waals surface area contributed by atoms with Crippen LogP contribution in [0.3, 0.4) is 0 Å². The van der Waals surface area contributed by atoms with E-state index in [-0.39, 0.29) is 6.04 Å². The minimum absolute atomic E-state index is 0.0954. The van der Waals surface area contributed by atoms with Crippen molar-refractivity contribution in [2.45, 2.75) is 26.3 Å². The molecule has 0 spiro atoms. The second kappa shape index (κ2) is 7.21. The SMILES string of the molecule is CCCOc1ccccc1C(NCC)c1cnns1. The van der Waals surface area contributed by atoms with Crippen LogP contribution in [-0.2, 0) is 0 Å². The Kier molecular flexibility index (Phi) is 5.30. The van der Waals surface area contributed by atoms with E-state index in [1.165, 1.54) is 11.5 Å². The zero-order valence-corrected chi connectivity index (χ0v) is 12.1. The van der Waals surface area contributed by atoms with Crippen LogP contribution in [0, 0.1) is 0 Å². The minimum atomic E-state index is 0.0954. The normalized spacial score (nSPS) is 12.3. The van der Waals surface area contributed by atoms with Crippen LogP contribution in [0.2, 0.25) is 0 Å². The molecule has 1 aromatic heterocycles. The highest BCUT2D eigenvalue weighted by Gasteiger charge is 2.19. The largest absolute Gasteiger partial charge is 0.493 e. The fourth-order valence-electron chi connectivity index (χ4n) is 1.93. The first-order valence-corrected chi connectivity index (χ1v) is 7.36. The van der Waals surface area contributed by atoms with E-state index in [4.69, 9.17) is 4.74 Å². The van der Waals surface area contributed by atoms with Gasteiger partial charge in [-0.05, 0) is 30.6 Å². The molecule has 0 saturated carbocycles. The first-order valence-electron chi connectivity index (χ1n) is 6.59. The van der Waals surface area contributed by atoms with Crippen molar-refractivity contribution in [2.24, 2.45) is 0 Å². The van der Waals surface area contributed by atoms with Crippen LogP contribution in [-0.4, -0.2) is 22.7 Å². The fourth-order valence-corrected chi connectivity index (χ4v) is 2.53. The van der Waals surface area contributed by atoms with Crippen molar-refractivity contribution in [1.29, 1.82) is 0 Å². The Hall–Kier alpha value is -1.46. The van der Waals surface area contributed by atoms with E-state index in [2.05, 4.69) is 34.8 Å². The van der Waals surface area contributed by atoms with Gasteiger partial charge < -0.3 is 10.1 Å². The Balaban J connectivity index is 2.30. The molecule has 5 heteroatoms. The predicted molar refractivity (Wildman–Crippen MR) is 77.7 cm³/mol. The first kappa shape index (κ1) is 14.0. The molecule has 0 aliphatic rings. The third-order valence-corrected chi connectivity index (χ3v) is 3.49. The topological polar surface area (TPSA) is 47.0 Å². The Bertz CT molecular complexity index is 487. The summed E-state index contributed by atoms with van der Waals surface area (Å²) in [7, 11) is 0. The molecule has 1 atom stereocenters. The molecule has 19 heavy (non-hydrogen) atoms. The lowest BCUT2D eigenvalue weighted by Gasteiger charge is -2.19. The summed E-state index contributed by atoms with van der Waals surface area (Å²) in [6, 6.07) is 8.25. The van der Waals surface area contributed by atoms with Crippen molar-refractivity contribution in [1.82, 2.24) is 14.9 Å². The molecule has 0 amide bonds. The predicted octanol–water partition coefficient (Wildman–Crippen LogP) is 3.03. The summed E-state index contributed by atoms with van der Waals surface area (Å²) in [6.45, 7) is 5.82. The van der Waals surface area contributed by atoms with E-state index in [1.807, 2.05) is 24.4 Å². The van der Waals surface area contributed by atoms with Crippen LogP contribution in [0.5, 0.6) is 5.75 Å². The summed E-state index contributed by atoms with van der Waals surface area (Å²) >= 11 is 1.42. The standard InChI is InChI=1S/C14H19N3OS/c1-3-9-18-12-8-6-5-7-11(12)14(15-4-2)13-10-16-17-19-13/h5-8,10,14-15H,3-4,9H2,1-2H3. The van der Waals surface area contributed by atoms with E-state index in [1.54, 1.807) is 0 Å². The molecule has 2 aromatic rings. The molecule has 0 saturated heterocycles. The van der Waals surface area contributed by atoms with Gasteiger partial charge in [-0.1, -0.05) is 36.5 Å². The van der Waals surface area contributed by atoms with Crippen molar-refractivity contribution in [3.8, 4) is 5.75 Å². The average Bonchev–Trinajstić information content (AvgIpc) is 2.97. The minimum Gasteiger partial charge on any atom is -0.493 e. The summed E-state index contributed by atoms with van der Waals surface area (Å²) in [6.07, 6.45) is 2.82. The van der Waals surface area contributed by atoms with E-state index in [9.17, 15) is 0 Å². The fraction of sp³-hybridized carbons (Fsp3) is 0.429. The van der Waals surface area contributed by atoms with Gasteiger partial charge >= 0.3 is 0 Å². The molecule has 1 N–H and O–H groups in total. The highest BCUT2D eigenvalue weighted by Crippen LogP contribution is 2.31. The maximum atomic E-state index is 5.84. The molecule has 0 aliphatic heterocycles. The van der Waals surface area contributed by atoms with Gasteiger partial charge in [-0.15, -0.1) is 5.10 Å². The van der Waals surface area contributed by atoms with Gasteiger partial charge in [-0.3, -0.25) is 0 Å². The zero-order valence-electron chi connectivity index (χ0n) is 11.3. The number of hydrogen-bond acceptors (Lipinski definition) is 5. The lowest BCUT2D eigenvalue weighted by atomic mass is 10.0. The third-order valence-electron chi connectivity index (χ3n) is 2.76. The average molecular weight is 277 g/mol. The van der Waals surface area contributed by atoms with Crippen LogP contribution >= 0.6 is 11.5 Å². The Morgan fingerprint density at radius 1 is 1.32 bits per heavy atom. The summed E-state index contributed by atoms with van der Waals surface area (Å²) in [5.74, 6) is 0.934. The number of aromatic nitrogens is 2. The van der Waals surface area contributed by atoms with Crippen LogP contribution in [0.1, 0.15) is 36.8 Å². The zero-order chi connectivity index (χ0) is 13.5. The first-order chi connectivity index (χ1) is 9.36. The smallest absolute Gasteiger partial charge is 0.124 e. The monoisotopic (exact) mass is 277 g/mol. The maximum Gasteiger partial charge on any atom is 0.124 e. The van der Waals surface area contributed by atoms with Gasteiger partial charge in [0.1, 0.15) is 5.75 Å². The van der Waals surface area contributed by atoms with Gasteiger partial charge in [0.15, 0.2) is 0 Å². The molecule has 2 rings (SSSR count). The van der Waals surface area contributed by atoms with E-state index >= 15 is 0 Å². The van der Waals surface area contributed by atoms with Crippen LogP contribution in [0.15, 0.2) is 30.5 Å². The van der Waals surface area contributed by atoms with Gasteiger partial charge in [-0.25, -0.2) is 0 Å². The molecule has 1 unspecified atom stereocenters. The molecule has 1 aromatic carbocycles. The number of benzene rings is 1. The van der Waals surface area contributed by atoms with Crippen LogP contribution in [0.4, 0.5) is 0 Å². The molecular formula is C14H19N3OS. The second-order valence-corrected chi connectivity index (χ2v) is 5.01. The molecule has 0 radical (unpaired) electrons. The summed E-state index contributed by atoms with van der Waals surface area (Å²) in [4.78, 5) is 1.11. The number of hydrogen-bond donors (Lipinski definition) is 1. The summed E-state index contributed by atoms with van der Waals surface area (Å²) < 4.78 is 9.79. The lowest BCUT2D eigenvalue weighted by molar-refractivity contribution is 0.312. The molecule has 0 bridgehead atoms. The molecule has 4 nitrogen and oxygen atoms in total. The molecule has 102 valence electrons. The molecule has 0 aliphatic carbocycles. The maximum absolute atomic E-state index is 5.84. The van der Waals surface area contributed by atoms with Crippen LogP contribution in [0.25, 0.3) is 0 Å². The Morgan fingerprint density at radius 2 is 2.16 bits per heavy atom. The highest BCUT2D eigenvalue weighted by molar-refractivity contribution is 7.05. The molecule has 1 heterocycles. The van der Waals surface area contributed by atoms with Gasteiger partial charge in [0, 0.05) is 5.56 Å². The summed E-state index contributed by atoms with van der Waals surface area (Å²) in [5.41, 5.74) is 1.14. The highest BCUT2D eigenvalue weighted by atomic mass is 32.1. The molecular weight excluding hydrogens is 258 g/mol. The number of rotatable bonds is 7. The third kappa shape index (κ3) is 3.52. The van der Waals surface area contributed by atoms with Crippen molar-refractivity contribution in [3.05, 3.63) is 40.9 Å². The van der Waals surface area contributed by atoms with E-state index in [0.29, 0.717) is 0 Å². The number of ether oxygens (including phenoxy) is 1. The number of para-hydroxylation sites is 1. The lowest BCUT2D eigenvalue weighted by Crippen LogP contribution is -2.21. The quantitative estimate of drug-likeness (QED) is 0.845. The van der Waals surface area contributed by atoms with Gasteiger partial charge in [-0.2, -0.15) is 0 Å².